The van der Waals surface area contributed by atoms with Gasteiger partial charge in [-0.05, 0) is 73.4 Å². The van der Waals surface area contributed by atoms with Crippen LogP contribution in [0.2, 0.25) is 0 Å². The molecule has 0 aliphatic heterocycles. The van der Waals surface area contributed by atoms with Crippen LogP contribution in [0.25, 0.3) is 27.6 Å². The highest BCUT2D eigenvalue weighted by Gasteiger charge is 2.19. The Morgan fingerprint density at radius 1 is 0.971 bits per heavy atom. The fourth-order valence-corrected chi connectivity index (χ4v) is 5.29. The number of fused-ring (bicyclic) bond motifs is 3. The standard InChI is InChI=1S/C28H27N3O3S/c1-3-35(32,33)23-9-4-8-22(18-23)31-27-24(25-17-20(2)19-30-28(25)31)10-5-11-26(27)34-16-6-7-21-12-14-29-15-13-21/h4-5,8-15,17-19H,3,6-7,16H2,1-2H3. The van der Waals surface area contributed by atoms with E-state index in [9.17, 15) is 8.42 Å². The van der Waals surface area contributed by atoms with Crippen LogP contribution in [-0.2, 0) is 16.3 Å². The number of aryl methyl sites for hydroxylation is 2. The van der Waals surface area contributed by atoms with E-state index in [1.54, 1.807) is 37.5 Å². The average molecular weight is 486 g/mol. The molecule has 0 fully saturated rings. The molecule has 0 amide bonds. The number of hydrogen-bond acceptors (Lipinski definition) is 5. The lowest BCUT2D eigenvalue weighted by molar-refractivity contribution is 0.314. The van der Waals surface area contributed by atoms with Crippen molar-refractivity contribution in [3.05, 3.63) is 90.4 Å². The van der Waals surface area contributed by atoms with Crippen molar-refractivity contribution in [2.45, 2.75) is 31.6 Å². The predicted molar refractivity (Wildman–Crippen MR) is 139 cm³/mol. The van der Waals surface area contributed by atoms with Gasteiger partial charge < -0.3 is 4.74 Å². The third-order valence-electron chi connectivity index (χ3n) is 6.16. The first-order chi connectivity index (χ1) is 17.0. The number of hydrogen-bond donors (Lipinski definition) is 0. The van der Waals surface area contributed by atoms with E-state index in [0.29, 0.717) is 11.5 Å². The van der Waals surface area contributed by atoms with Crippen LogP contribution in [0.4, 0.5) is 0 Å². The number of nitrogens with zero attached hydrogens (tertiary/aromatic N) is 3. The maximum atomic E-state index is 12.6. The maximum absolute atomic E-state index is 12.6. The van der Waals surface area contributed by atoms with Crippen molar-refractivity contribution < 1.29 is 13.2 Å². The largest absolute Gasteiger partial charge is 0.491 e. The van der Waals surface area contributed by atoms with Crippen molar-refractivity contribution in [2.75, 3.05) is 12.4 Å². The van der Waals surface area contributed by atoms with Crippen LogP contribution in [0.1, 0.15) is 24.5 Å². The molecule has 0 unspecified atom stereocenters. The molecule has 0 saturated heterocycles. The first-order valence-corrected chi connectivity index (χ1v) is 13.4. The van der Waals surface area contributed by atoms with Crippen LogP contribution in [0, 0.1) is 6.92 Å². The lowest BCUT2D eigenvalue weighted by atomic mass is 10.1. The van der Waals surface area contributed by atoms with Gasteiger partial charge in [-0.1, -0.05) is 25.1 Å². The van der Waals surface area contributed by atoms with Gasteiger partial charge in [0.15, 0.2) is 9.84 Å². The molecule has 0 aliphatic carbocycles. The quantitative estimate of drug-likeness (QED) is 0.264. The van der Waals surface area contributed by atoms with Gasteiger partial charge >= 0.3 is 0 Å². The van der Waals surface area contributed by atoms with Gasteiger partial charge in [-0.3, -0.25) is 9.55 Å². The molecule has 178 valence electrons. The van der Waals surface area contributed by atoms with E-state index >= 15 is 0 Å². The van der Waals surface area contributed by atoms with E-state index in [1.165, 1.54) is 5.56 Å². The molecule has 0 N–H and O–H groups in total. The summed E-state index contributed by atoms with van der Waals surface area (Å²) in [6, 6.07) is 19.2. The molecule has 7 heteroatoms. The molecule has 3 aromatic heterocycles. The Labute approximate surface area is 205 Å². The van der Waals surface area contributed by atoms with Crippen LogP contribution >= 0.6 is 0 Å². The van der Waals surface area contributed by atoms with Crippen molar-refractivity contribution in [3.63, 3.8) is 0 Å². The van der Waals surface area contributed by atoms with Gasteiger partial charge in [0.2, 0.25) is 0 Å². The smallest absolute Gasteiger partial charge is 0.178 e. The molecule has 2 aromatic carbocycles. The number of pyridine rings is 2. The Hall–Kier alpha value is -3.71. The van der Waals surface area contributed by atoms with Crippen molar-refractivity contribution in [1.29, 1.82) is 0 Å². The van der Waals surface area contributed by atoms with Gasteiger partial charge in [0.25, 0.3) is 0 Å². The van der Waals surface area contributed by atoms with Gasteiger partial charge in [0, 0.05) is 35.1 Å². The van der Waals surface area contributed by atoms with E-state index in [1.807, 2.05) is 48.0 Å². The van der Waals surface area contributed by atoms with Crippen LogP contribution in [0.15, 0.2) is 84.1 Å². The Bertz CT molecular complexity index is 1610. The van der Waals surface area contributed by atoms with Crippen molar-refractivity contribution in [1.82, 2.24) is 14.5 Å². The minimum Gasteiger partial charge on any atom is -0.491 e. The first kappa shape index (κ1) is 23.1. The van der Waals surface area contributed by atoms with E-state index < -0.39 is 9.84 Å². The fourth-order valence-electron chi connectivity index (χ4n) is 4.37. The molecule has 0 atom stereocenters. The van der Waals surface area contributed by atoms with Crippen molar-refractivity contribution in [3.8, 4) is 11.4 Å². The third kappa shape index (κ3) is 4.51. The minimum atomic E-state index is -3.35. The van der Waals surface area contributed by atoms with Gasteiger partial charge in [0.1, 0.15) is 11.4 Å². The molecule has 0 bridgehead atoms. The number of rotatable bonds is 8. The second kappa shape index (κ2) is 9.50. The summed E-state index contributed by atoms with van der Waals surface area (Å²) in [6.45, 7) is 4.23. The number of ether oxygens (including phenoxy) is 1. The molecule has 0 saturated carbocycles. The summed E-state index contributed by atoms with van der Waals surface area (Å²) in [5.41, 5.74) is 4.68. The van der Waals surface area contributed by atoms with Gasteiger partial charge in [-0.25, -0.2) is 13.4 Å². The molecule has 0 aliphatic rings. The molecule has 35 heavy (non-hydrogen) atoms. The van der Waals surface area contributed by atoms with E-state index in [4.69, 9.17) is 9.72 Å². The topological polar surface area (TPSA) is 74.1 Å². The normalized spacial score (nSPS) is 11.8. The highest BCUT2D eigenvalue weighted by atomic mass is 32.2. The summed E-state index contributed by atoms with van der Waals surface area (Å²) < 4.78 is 33.5. The molecule has 3 heterocycles. The van der Waals surface area contributed by atoms with Crippen molar-refractivity contribution in [2.24, 2.45) is 0 Å². The molecular weight excluding hydrogens is 458 g/mol. The second-order valence-electron chi connectivity index (χ2n) is 8.58. The zero-order chi connectivity index (χ0) is 24.4. The monoisotopic (exact) mass is 485 g/mol. The number of para-hydroxylation sites is 1. The summed E-state index contributed by atoms with van der Waals surface area (Å²) in [5.74, 6) is 0.795. The molecule has 0 radical (unpaired) electrons. The molecule has 0 spiro atoms. The lowest BCUT2D eigenvalue weighted by Crippen LogP contribution is -2.06. The zero-order valence-corrected chi connectivity index (χ0v) is 20.6. The summed E-state index contributed by atoms with van der Waals surface area (Å²) in [7, 11) is -3.35. The number of benzene rings is 2. The van der Waals surface area contributed by atoms with Gasteiger partial charge in [-0.15, -0.1) is 0 Å². The van der Waals surface area contributed by atoms with Crippen molar-refractivity contribution >= 4 is 31.8 Å². The summed E-state index contributed by atoms with van der Waals surface area (Å²) >= 11 is 0. The Morgan fingerprint density at radius 3 is 2.57 bits per heavy atom. The number of sulfone groups is 1. The lowest BCUT2D eigenvalue weighted by Gasteiger charge is -2.13. The number of aromatic nitrogens is 3. The summed E-state index contributed by atoms with van der Waals surface area (Å²) in [5, 5.41) is 2.03. The second-order valence-corrected chi connectivity index (χ2v) is 10.9. The zero-order valence-electron chi connectivity index (χ0n) is 19.8. The molecular formula is C28H27N3O3S. The molecule has 6 nitrogen and oxygen atoms in total. The van der Waals surface area contributed by atoms with E-state index in [-0.39, 0.29) is 5.75 Å². The summed E-state index contributed by atoms with van der Waals surface area (Å²) in [4.78, 5) is 9.11. The predicted octanol–water partition coefficient (Wildman–Crippen LogP) is 5.69. The van der Waals surface area contributed by atoms with Gasteiger partial charge in [0.05, 0.1) is 22.8 Å². The van der Waals surface area contributed by atoms with Crippen LogP contribution in [0.3, 0.4) is 0 Å². The van der Waals surface area contributed by atoms with Crippen LogP contribution in [0.5, 0.6) is 5.75 Å². The van der Waals surface area contributed by atoms with Gasteiger partial charge in [-0.2, -0.15) is 0 Å². The average Bonchev–Trinajstić information content (AvgIpc) is 3.21. The highest BCUT2D eigenvalue weighted by Crippen LogP contribution is 2.37. The van der Waals surface area contributed by atoms with E-state index in [2.05, 4.69) is 17.1 Å². The minimum absolute atomic E-state index is 0.0485. The van der Waals surface area contributed by atoms with Crippen LogP contribution in [-0.4, -0.2) is 35.3 Å². The Kier molecular flexibility index (Phi) is 6.26. The van der Waals surface area contributed by atoms with Crippen LogP contribution < -0.4 is 4.74 Å². The van der Waals surface area contributed by atoms with E-state index in [0.717, 1.165) is 51.8 Å². The highest BCUT2D eigenvalue weighted by molar-refractivity contribution is 7.91. The Morgan fingerprint density at radius 2 is 1.77 bits per heavy atom. The Balaban J connectivity index is 1.60. The fraction of sp³-hybridized carbons (Fsp3) is 0.214. The molecule has 5 aromatic rings. The summed E-state index contributed by atoms with van der Waals surface area (Å²) in [6.07, 6.45) is 7.20. The third-order valence-corrected chi connectivity index (χ3v) is 7.89. The maximum Gasteiger partial charge on any atom is 0.178 e. The first-order valence-electron chi connectivity index (χ1n) is 11.7. The molecule has 5 rings (SSSR count). The SMILES string of the molecule is CCS(=O)(=O)c1cccc(-n2c3ncc(C)cc3c3cccc(OCCCc4ccncc4)c32)c1.